The lowest BCUT2D eigenvalue weighted by molar-refractivity contribution is 0.0685. The van der Waals surface area contributed by atoms with Crippen LogP contribution in [0.2, 0.25) is 0 Å². The first-order chi connectivity index (χ1) is 13.5. The molecule has 5 nitrogen and oxygen atoms in total. The van der Waals surface area contributed by atoms with Gasteiger partial charge in [-0.05, 0) is 55.9 Å². The molecule has 1 fully saturated rings. The molecule has 28 heavy (non-hydrogen) atoms. The van der Waals surface area contributed by atoms with Gasteiger partial charge in [0.25, 0.3) is 5.91 Å². The fourth-order valence-electron chi connectivity index (χ4n) is 3.70. The molecular weight excluding hydrogens is 361 g/mol. The maximum absolute atomic E-state index is 14.0. The van der Waals surface area contributed by atoms with Crippen LogP contribution in [0.15, 0.2) is 42.5 Å². The van der Waals surface area contributed by atoms with Crippen molar-refractivity contribution < 1.29 is 23.8 Å². The maximum atomic E-state index is 14.0. The quantitative estimate of drug-likeness (QED) is 0.816. The average molecular weight is 385 g/mol. The molecule has 2 aromatic rings. The number of rotatable bonds is 6. The van der Waals surface area contributed by atoms with Crippen molar-refractivity contribution in [3.8, 4) is 5.75 Å². The Balaban J connectivity index is 1.66. The molecule has 1 aliphatic heterocycles. The molecule has 0 unspecified atom stereocenters. The zero-order chi connectivity index (χ0) is 20.1. The van der Waals surface area contributed by atoms with Crippen molar-refractivity contribution in [3.05, 3.63) is 65.0 Å². The number of piperidine rings is 1. The highest BCUT2D eigenvalue weighted by molar-refractivity contribution is 5.97. The first-order valence-electron chi connectivity index (χ1n) is 9.53. The van der Waals surface area contributed by atoms with Crippen LogP contribution in [-0.4, -0.2) is 41.6 Å². The zero-order valence-electron chi connectivity index (χ0n) is 15.9. The number of carboxylic acid groups (broad SMARTS) is 1. The largest absolute Gasteiger partial charge is 0.490 e. The molecule has 1 heterocycles. The Labute approximate surface area is 163 Å². The second-order valence-electron chi connectivity index (χ2n) is 6.95. The Hall–Kier alpha value is -2.89. The Morgan fingerprint density at radius 2 is 1.79 bits per heavy atom. The molecule has 6 heteroatoms. The number of aromatic carboxylic acids is 1. The number of halogens is 1. The van der Waals surface area contributed by atoms with Crippen molar-refractivity contribution in [1.29, 1.82) is 0 Å². The number of carbonyl (C=O) groups is 2. The molecule has 1 saturated heterocycles. The van der Waals surface area contributed by atoms with Crippen molar-refractivity contribution in [1.82, 2.24) is 4.90 Å². The highest BCUT2D eigenvalue weighted by Crippen LogP contribution is 2.28. The normalized spacial score (nSPS) is 14.7. The van der Waals surface area contributed by atoms with Crippen molar-refractivity contribution in [2.45, 2.75) is 26.2 Å². The SMILES string of the molecule is CCOc1c(F)cccc1C(=O)N1CCC(Cc2ccccc2C(=O)O)CC1. The topological polar surface area (TPSA) is 66.8 Å². The average Bonchev–Trinajstić information content (AvgIpc) is 2.70. The van der Waals surface area contributed by atoms with Gasteiger partial charge in [-0.25, -0.2) is 9.18 Å². The van der Waals surface area contributed by atoms with E-state index in [1.807, 2.05) is 12.1 Å². The summed E-state index contributed by atoms with van der Waals surface area (Å²) in [5.74, 6) is -1.37. The number of likely N-dealkylation sites (tertiary alicyclic amines) is 1. The lowest BCUT2D eigenvalue weighted by Crippen LogP contribution is -2.39. The monoisotopic (exact) mass is 385 g/mol. The Kier molecular flexibility index (Phi) is 6.29. The van der Waals surface area contributed by atoms with Crippen molar-refractivity contribution >= 4 is 11.9 Å². The Morgan fingerprint density at radius 1 is 1.11 bits per heavy atom. The van der Waals surface area contributed by atoms with Gasteiger partial charge in [0.1, 0.15) is 0 Å². The Morgan fingerprint density at radius 3 is 2.46 bits per heavy atom. The molecular formula is C22H24FNO4. The summed E-state index contributed by atoms with van der Waals surface area (Å²) in [6.07, 6.45) is 2.23. The number of ether oxygens (including phenoxy) is 1. The molecule has 0 saturated carbocycles. The van der Waals surface area contributed by atoms with E-state index in [1.165, 1.54) is 12.1 Å². The molecule has 0 aromatic heterocycles. The van der Waals surface area contributed by atoms with E-state index in [-0.39, 0.29) is 23.8 Å². The van der Waals surface area contributed by atoms with Crippen molar-refractivity contribution in [2.75, 3.05) is 19.7 Å². The summed E-state index contributed by atoms with van der Waals surface area (Å²) in [5, 5.41) is 9.33. The van der Waals surface area contributed by atoms with Gasteiger partial charge in [-0.2, -0.15) is 0 Å². The standard InChI is InChI=1S/C22H24FNO4/c1-2-28-20-18(8-5-9-19(20)23)21(25)24-12-10-15(11-13-24)14-16-6-3-4-7-17(16)22(26)27/h3-9,15H,2,10-14H2,1H3,(H,26,27). The van der Waals surface area contributed by atoms with Crippen LogP contribution in [0.4, 0.5) is 4.39 Å². The Bertz CT molecular complexity index is 859. The predicted molar refractivity (Wildman–Crippen MR) is 103 cm³/mol. The van der Waals surface area contributed by atoms with Gasteiger partial charge in [-0.15, -0.1) is 0 Å². The molecule has 3 rings (SSSR count). The van der Waals surface area contributed by atoms with Gasteiger partial charge >= 0.3 is 5.97 Å². The third kappa shape index (κ3) is 4.32. The van der Waals surface area contributed by atoms with E-state index in [0.717, 1.165) is 18.4 Å². The molecule has 0 bridgehead atoms. The third-order valence-corrected chi connectivity index (χ3v) is 5.14. The molecule has 0 aliphatic carbocycles. The van der Waals surface area contributed by atoms with Gasteiger partial charge in [-0.3, -0.25) is 4.79 Å². The fourth-order valence-corrected chi connectivity index (χ4v) is 3.70. The third-order valence-electron chi connectivity index (χ3n) is 5.14. The van der Waals surface area contributed by atoms with Gasteiger partial charge in [-0.1, -0.05) is 24.3 Å². The number of nitrogens with zero attached hydrogens (tertiary/aromatic N) is 1. The molecule has 2 aromatic carbocycles. The van der Waals surface area contributed by atoms with Crippen molar-refractivity contribution in [3.63, 3.8) is 0 Å². The highest BCUT2D eigenvalue weighted by atomic mass is 19.1. The van der Waals surface area contributed by atoms with E-state index >= 15 is 0 Å². The number of amides is 1. The summed E-state index contributed by atoms with van der Waals surface area (Å²) in [7, 11) is 0. The number of hydrogen-bond donors (Lipinski definition) is 1. The van der Waals surface area contributed by atoms with Gasteiger partial charge in [0.2, 0.25) is 0 Å². The van der Waals surface area contributed by atoms with Gasteiger partial charge in [0.05, 0.1) is 17.7 Å². The summed E-state index contributed by atoms with van der Waals surface area (Å²) in [4.78, 5) is 26.0. The van der Waals surface area contributed by atoms with Crippen LogP contribution in [0.5, 0.6) is 5.75 Å². The van der Waals surface area contributed by atoms with Crippen LogP contribution in [0.3, 0.4) is 0 Å². The molecule has 148 valence electrons. The van der Waals surface area contributed by atoms with Crippen molar-refractivity contribution in [2.24, 2.45) is 5.92 Å². The first-order valence-corrected chi connectivity index (χ1v) is 9.53. The summed E-state index contributed by atoms with van der Waals surface area (Å²) >= 11 is 0. The smallest absolute Gasteiger partial charge is 0.335 e. The maximum Gasteiger partial charge on any atom is 0.335 e. The number of hydrogen-bond acceptors (Lipinski definition) is 3. The summed E-state index contributed by atoms with van der Waals surface area (Å²) in [6.45, 7) is 3.15. The first kappa shape index (κ1) is 19.9. The zero-order valence-corrected chi connectivity index (χ0v) is 15.9. The minimum atomic E-state index is -0.919. The minimum Gasteiger partial charge on any atom is -0.490 e. The van der Waals surface area contributed by atoms with E-state index in [0.29, 0.717) is 31.0 Å². The molecule has 0 spiro atoms. The fraction of sp³-hybridized carbons (Fsp3) is 0.364. The number of benzene rings is 2. The van der Waals surface area contributed by atoms with E-state index in [2.05, 4.69) is 0 Å². The van der Waals surface area contributed by atoms with Gasteiger partial charge in [0.15, 0.2) is 11.6 Å². The highest BCUT2D eigenvalue weighted by Gasteiger charge is 2.27. The molecule has 0 atom stereocenters. The van der Waals surface area contributed by atoms with E-state index in [1.54, 1.807) is 30.0 Å². The van der Waals surface area contributed by atoms with Crippen LogP contribution in [0.25, 0.3) is 0 Å². The van der Waals surface area contributed by atoms with Crippen LogP contribution < -0.4 is 4.74 Å². The molecule has 1 N–H and O–H groups in total. The lowest BCUT2D eigenvalue weighted by Gasteiger charge is -2.32. The van der Waals surface area contributed by atoms with Crippen LogP contribution in [0, 0.1) is 11.7 Å². The van der Waals surface area contributed by atoms with E-state index < -0.39 is 11.8 Å². The van der Waals surface area contributed by atoms with Crippen LogP contribution in [0.1, 0.15) is 46.0 Å². The number of carboxylic acids is 1. The second-order valence-corrected chi connectivity index (χ2v) is 6.95. The lowest BCUT2D eigenvalue weighted by atomic mass is 9.88. The molecule has 1 aliphatic rings. The summed E-state index contributed by atoms with van der Waals surface area (Å²) < 4.78 is 19.4. The predicted octanol–water partition coefficient (Wildman–Crippen LogP) is 4.02. The van der Waals surface area contributed by atoms with Crippen LogP contribution >= 0.6 is 0 Å². The second kappa shape index (κ2) is 8.87. The summed E-state index contributed by atoms with van der Waals surface area (Å²) in [5.41, 5.74) is 1.40. The molecule has 0 radical (unpaired) electrons. The van der Waals surface area contributed by atoms with E-state index in [4.69, 9.17) is 4.74 Å². The van der Waals surface area contributed by atoms with E-state index in [9.17, 15) is 19.1 Å². The minimum absolute atomic E-state index is 0.00695. The van der Waals surface area contributed by atoms with Crippen LogP contribution in [-0.2, 0) is 6.42 Å². The van der Waals surface area contributed by atoms with Gasteiger partial charge < -0.3 is 14.7 Å². The molecule has 1 amide bonds. The van der Waals surface area contributed by atoms with Gasteiger partial charge in [0, 0.05) is 13.1 Å². The number of para-hydroxylation sites is 1. The summed E-state index contributed by atoms with van der Waals surface area (Å²) in [6, 6.07) is 11.4. The number of carbonyl (C=O) groups excluding carboxylic acids is 1.